The minimum Gasteiger partial charge on any atom is -0.351 e. The van der Waals surface area contributed by atoms with Crippen molar-refractivity contribution in [1.29, 1.82) is 0 Å². The summed E-state index contributed by atoms with van der Waals surface area (Å²) in [4.78, 5) is 23.8. The van der Waals surface area contributed by atoms with Crippen molar-refractivity contribution >= 4 is 11.8 Å². The van der Waals surface area contributed by atoms with Gasteiger partial charge in [0.25, 0.3) is 0 Å². The maximum atomic E-state index is 12.2. The van der Waals surface area contributed by atoms with Gasteiger partial charge in [-0.05, 0) is 25.7 Å². The Morgan fingerprint density at radius 1 is 1.41 bits per heavy atom. The number of rotatable bonds is 6. The van der Waals surface area contributed by atoms with E-state index in [0.29, 0.717) is 25.7 Å². The Bertz CT molecular complexity index is 539. The van der Waals surface area contributed by atoms with Crippen molar-refractivity contribution in [2.75, 3.05) is 0 Å². The van der Waals surface area contributed by atoms with Gasteiger partial charge in [-0.1, -0.05) is 0 Å². The quantitative estimate of drug-likeness (QED) is 0.731. The second kappa shape index (κ2) is 5.71. The van der Waals surface area contributed by atoms with Crippen molar-refractivity contribution in [3.63, 3.8) is 0 Å². The van der Waals surface area contributed by atoms with Gasteiger partial charge in [-0.25, -0.2) is 0 Å². The van der Waals surface area contributed by atoms with Gasteiger partial charge < -0.3 is 10.6 Å². The maximum Gasteiger partial charge on any atom is 0.220 e. The summed E-state index contributed by atoms with van der Waals surface area (Å²) >= 11 is 0. The number of hydrogen-bond acceptors (Lipinski definition) is 4. The molecular formula is C16H22N4O2. The maximum absolute atomic E-state index is 12.2. The Balaban J connectivity index is 1.47. The molecule has 0 aromatic carbocycles. The predicted molar refractivity (Wildman–Crippen MR) is 80.8 cm³/mol. The first-order chi connectivity index (χ1) is 10.6. The summed E-state index contributed by atoms with van der Waals surface area (Å²) in [6.07, 6.45) is 11.9. The topological polar surface area (TPSA) is 82.9 Å². The smallest absolute Gasteiger partial charge is 0.220 e. The van der Waals surface area contributed by atoms with Crippen molar-refractivity contribution in [2.24, 2.45) is 10.2 Å². The number of nitrogens with zero attached hydrogens (tertiary/aromatic N) is 2. The minimum atomic E-state index is -0.404. The predicted octanol–water partition coefficient (Wildman–Crippen LogP) is 1.66. The van der Waals surface area contributed by atoms with Crippen LogP contribution in [0.25, 0.3) is 0 Å². The first-order valence-electron chi connectivity index (χ1n) is 8.05. The summed E-state index contributed by atoms with van der Waals surface area (Å²) in [6, 6.07) is 0.0567. The number of carbonyl (C=O) groups is 2. The molecule has 0 aromatic heterocycles. The largest absolute Gasteiger partial charge is 0.351 e. The van der Waals surface area contributed by atoms with Gasteiger partial charge in [0.05, 0.1) is 11.6 Å². The molecule has 0 bridgehead atoms. The molecule has 1 saturated heterocycles. The van der Waals surface area contributed by atoms with E-state index in [4.69, 9.17) is 6.42 Å². The van der Waals surface area contributed by atoms with E-state index in [2.05, 4.69) is 26.8 Å². The molecule has 0 radical (unpaired) electrons. The highest BCUT2D eigenvalue weighted by Gasteiger charge is 2.48. The fraction of sp³-hybridized carbons (Fsp3) is 0.750. The minimum absolute atomic E-state index is 0.0183. The average molecular weight is 302 g/mol. The highest BCUT2D eigenvalue weighted by Crippen LogP contribution is 2.40. The average Bonchev–Trinajstić information content (AvgIpc) is 3.24. The lowest BCUT2D eigenvalue weighted by Crippen LogP contribution is -2.68. The Labute approximate surface area is 130 Å². The molecule has 1 spiro atoms. The van der Waals surface area contributed by atoms with Crippen LogP contribution in [0.3, 0.4) is 0 Å². The molecular weight excluding hydrogens is 280 g/mol. The summed E-state index contributed by atoms with van der Waals surface area (Å²) in [6.45, 7) is 0. The molecule has 1 unspecified atom stereocenters. The third-order valence-electron chi connectivity index (χ3n) is 5.10. The second-order valence-corrected chi connectivity index (χ2v) is 6.60. The van der Waals surface area contributed by atoms with Crippen LogP contribution >= 0.6 is 0 Å². The van der Waals surface area contributed by atoms with Crippen molar-refractivity contribution in [2.45, 2.75) is 75.0 Å². The molecule has 2 amide bonds. The summed E-state index contributed by atoms with van der Waals surface area (Å²) in [5, 5.41) is 14.3. The third kappa shape index (κ3) is 2.99. The fourth-order valence-electron chi connectivity index (χ4n) is 3.47. The zero-order valence-corrected chi connectivity index (χ0v) is 12.7. The molecule has 2 fully saturated rings. The van der Waals surface area contributed by atoms with Crippen molar-refractivity contribution in [3.05, 3.63) is 0 Å². The van der Waals surface area contributed by atoms with Crippen LogP contribution in [0, 0.1) is 12.3 Å². The first kappa shape index (κ1) is 15.0. The standard InChI is InChI=1S/C16H22N4O2/c1-2-3-10-16(19-20-16)11-7-13(21)17-12-5-6-14(22)18-15(12)8-4-9-15/h1,12H,3-11H2,(H,17,21)(H,18,22). The molecule has 1 atom stereocenters. The molecule has 1 saturated carbocycles. The summed E-state index contributed by atoms with van der Waals surface area (Å²) in [7, 11) is 0. The van der Waals surface area contributed by atoms with Crippen molar-refractivity contribution in [3.8, 4) is 12.3 Å². The highest BCUT2D eigenvalue weighted by atomic mass is 16.2. The van der Waals surface area contributed by atoms with Gasteiger partial charge in [0.2, 0.25) is 11.8 Å². The molecule has 6 heteroatoms. The van der Waals surface area contributed by atoms with Crippen LogP contribution in [0.1, 0.15) is 57.8 Å². The Morgan fingerprint density at radius 3 is 2.77 bits per heavy atom. The van der Waals surface area contributed by atoms with E-state index >= 15 is 0 Å². The van der Waals surface area contributed by atoms with Crippen LogP contribution in [0.5, 0.6) is 0 Å². The van der Waals surface area contributed by atoms with E-state index in [9.17, 15) is 9.59 Å². The monoisotopic (exact) mass is 302 g/mol. The van der Waals surface area contributed by atoms with Crippen LogP contribution in [0.15, 0.2) is 10.2 Å². The summed E-state index contributed by atoms with van der Waals surface area (Å²) < 4.78 is 0. The lowest BCUT2D eigenvalue weighted by molar-refractivity contribution is -0.131. The normalized spacial score (nSPS) is 26.7. The van der Waals surface area contributed by atoms with E-state index in [1.165, 1.54) is 0 Å². The summed E-state index contributed by atoms with van der Waals surface area (Å²) in [5.74, 6) is 2.71. The van der Waals surface area contributed by atoms with E-state index in [0.717, 1.165) is 32.1 Å². The number of terminal acetylenes is 1. The molecule has 2 heterocycles. The SMILES string of the molecule is C#CCCC1(CCC(=O)NC2CCC(=O)NC23CCC3)N=N1. The van der Waals surface area contributed by atoms with Gasteiger partial charge >= 0.3 is 0 Å². The molecule has 0 aromatic rings. The molecule has 2 N–H and O–H groups in total. The van der Waals surface area contributed by atoms with Gasteiger partial charge in [0.15, 0.2) is 5.66 Å². The van der Waals surface area contributed by atoms with Gasteiger partial charge in [0.1, 0.15) is 0 Å². The van der Waals surface area contributed by atoms with Crippen molar-refractivity contribution < 1.29 is 9.59 Å². The number of piperidine rings is 1. The van der Waals surface area contributed by atoms with E-state index < -0.39 is 5.66 Å². The molecule has 1 aliphatic carbocycles. The van der Waals surface area contributed by atoms with Crippen LogP contribution in [0.4, 0.5) is 0 Å². The molecule has 2 aliphatic heterocycles. The number of hydrogen-bond donors (Lipinski definition) is 2. The molecule has 22 heavy (non-hydrogen) atoms. The van der Waals surface area contributed by atoms with Gasteiger partial charge in [-0.3, -0.25) is 9.59 Å². The third-order valence-corrected chi connectivity index (χ3v) is 5.10. The van der Waals surface area contributed by atoms with Crippen LogP contribution in [0.2, 0.25) is 0 Å². The van der Waals surface area contributed by atoms with Crippen LogP contribution in [-0.4, -0.2) is 29.1 Å². The van der Waals surface area contributed by atoms with Crippen LogP contribution in [-0.2, 0) is 9.59 Å². The highest BCUT2D eigenvalue weighted by molar-refractivity contribution is 5.80. The van der Waals surface area contributed by atoms with E-state index in [1.54, 1.807) is 0 Å². The van der Waals surface area contributed by atoms with Crippen LogP contribution < -0.4 is 10.6 Å². The van der Waals surface area contributed by atoms with E-state index in [-0.39, 0.29) is 23.4 Å². The van der Waals surface area contributed by atoms with Gasteiger partial charge in [-0.2, -0.15) is 10.2 Å². The van der Waals surface area contributed by atoms with Crippen molar-refractivity contribution in [1.82, 2.24) is 10.6 Å². The lowest BCUT2D eigenvalue weighted by Gasteiger charge is -2.51. The van der Waals surface area contributed by atoms with Gasteiger partial charge in [0, 0.05) is 32.1 Å². The lowest BCUT2D eigenvalue weighted by atomic mass is 9.68. The number of amides is 2. The first-order valence-corrected chi connectivity index (χ1v) is 8.05. The van der Waals surface area contributed by atoms with E-state index in [1.807, 2.05) is 0 Å². The fourth-order valence-corrected chi connectivity index (χ4v) is 3.47. The molecule has 6 nitrogen and oxygen atoms in total. The molecule has 3 aliphatic rings. The Morgan fingerprint density at radius 2 is 2.18 bits per heavy atom. The zero-order valence-electron chi connectivity index (χ0n) is 12.7. The Hall–Kier alpha value is -1.90. The molecule has 118 valence electrons. The number of carbonyl (C=O) groups excluding carboxylic acids is 2. The zero-order chi connectivity index (χ0) is 15.6. The van der Waals surface area contributed by atoms with Gasteiger partial charge in [-0.15, -0.1) is 12.3 Å². The summed E-state index contributed by atoms with van der Waals surface area (Å²) in [5.41, 5.74) is -0.598. The second-order valence-electron chi connectivity index (χ2n) is 6.60. The molecule has 3 rings (SSSR count). The Kier molecular flexibility index (Phi) is 3.90. The number of nitrogens with one attached hydrogen (secondary N) is 2.